The standard InChI is InChI=1S/C16H24N4S/c1-10(2)8-11-9-14(20-17)19-15(18-11)12-6-7-13(21-12)16(3,4)5/h6-7,9-10H,8,17H2,1-5H3,(H,18,19,20). The quantitative estimate of drug-likeness (QED) is 0.662. The Bertz CT molecular complexity index is 611. The summed E-state index contributed by atoms with van der Waals surface area (Å²) in [7, 11) is 0. The maximum Gasteiger partial charge on any atom is 0.171 e. The van der Waals surface area contributed by atoms with Gasteiger partial charge >= 0.3 is 0 Å². The summed E-state index contributed by atoms with van der Waals surface area (Å²) in [6.07, 6.45) is 0.918. The Morgan fingerprint density at radius 3 is 2.48 bits per heavy atom. The fourth-order valence-corrected chi connectivity index (χ4v) is 3.06. The van der Waals surface area contributed by atoms with Crippen LogP contribution in [0.25, 0.3) is 10.7 Å². The molecule has 0 unspecified atom stereocenters. The topological polar surface area (TPSA) is 63.8 Å². The Hall–Kier alpha value is -1.46. The summed E-state index contributed by atoms with van der Waals surface area (Å²) in [4.78, 5) is 11.6. The molecule has 0 radical (unpaired) electrons. The second-order valence-corrected chi connectivity index (χ2v) is 7.81. The van der Waals surface area contributed by atoms with Crippen molar-refractivity contribution in [2.24, 2.45) is 11.8 Å². The summed E-state index contributed by atoms with van der Waals surface area (Å²) >= 11 is 1.75. The highest BCUT2D eigenvalue weighted by Gasteiger charge is 2.18. The van der Waals surface area contributed by atoms with Gasteiger partial charge in [-0.25, -0.2) is 15.8 Å². The van der Waals surface area contributed by atoms with Crippen molar-refractivity contribution in [3.8, 4) is 10.7 Å². The van der Waals surface area contributed by atoms with Gasteiger partial charge in [0.2, 0.25) is 0 Å². The summed E-state index contributed by atoms with van der Waals surface area (Å²) in [6.45, 7) is 11.0. The smallest absolute Gasteiger partial charge is 0.171 e. The van der Waals surface area contributed by atoms with Crippen LogP contribution in [-0.4, -0.2) is 9.97 Å². The third-order valence-corrected chi connectivity index (χ3v) is 4.62. The maximum atomic E-state index is 5.53. The van der Waals surface area contributed by atoms with Crippen molar-refractivity contribution in [2.75, 3.05) is 5.43 Å². The molecule has 2 aromatic rings. The molecule has 0 saturated heterocycles. The summed E-state index contributed by atoms with van der Waals surface area (Å²) in [5.74, 6) is 7.50. The lowest BCUT2D eigenvalue weighted by atomic mass is 9.95. The number of thiophene rings is 1. The molecule has 0 aromatic carbocycles. The highest BCUT2D eigenvalue weighted by Crippen LogP contribution is 2.34. The predicted octanol–water partition coefficient (Wildman–Crippen LogP) is 3.99. The SMILES string of the molecule is CC(C)Cc1cc(NN)nc(-c2ccc(C(C)(C)C)s2)n1. The van der Waals surface area contributed by atoms with Crippen LogP contribution in [0.1, 0.15) is 45.2 Å². The van der Waals surface area contributed by atoms with E-state index < -0.39 is 0 Å². The molecule has 21 heavy (non-hydrogen) atoms. The van der Waals surface area contributed by atoms with Crippen molar-refractivity contribution in [1.29, 1.82) is 0 Å². The summed E-state index contributed by atoms with van der Waals surface area (Å²) in [5.41, 5.74) is 3.81. The first-order chi connectivity index (χ1) is 9.79. The highest BCUT2D eigenvalue weighted by molar-refractivity contribution is 7.15. The molecule has 3 N–H and O–H groups in total. The molecule has 0 spiro atoms. The average Bonchev–Trinajstić information content (AvgIpc) is 2.86. The van der Waals surface area contributed by atoms with Crippen LogP contribution in [0.3, 0.4) is 0 Å². The molecule has 0 aliphatic carbocycles. The number of hydrogen-bond acceptors (Lipinski definition) is 5. The Kier molecular flexibility index (Phi) is 4.64. The zero-order valence-corrected chi connectivity index (χ0v) is 14.2. The van der Waals surface area contributed by atoms with E-state index in [2.05, 4.69) is 57.2 Å². The first-order valence-electron chi connectivity index (χ1n) is 7.25. The molecule has 2 rings (SSSR count). The number of nitrogen functional groups attached to an aromatic ring is 1. The second kappa shape index (κ2) is 6.12. The van der Waals surface area contributed by atoms with Crippen LogP contribution in [0.15, 0.2) is 18.2 Å². The van der Waals surface area contributed by atoms with E-state index in [1.165, 1.54) is 4.88 Å². The molecule has 0 saturated carbocycles. The van der Waals surface area contributed by atoms with Crippen LogP contribution < -0.4 is 11.3 Å². The molecule has 0 atom stereocenters. The molecule has 0 aliphatic heterocycles. The van der Waals surface area contributed by atoms with E-state index >= 15 is 0 Å². The molecular weight excluding hydrogens is 280 g/mol. The molecule has 114 valence electrons. The summed E-state index contributed by atoms with van der Waals surface area (Å²) in [6, 6.07) is 6.18. The van der Waals surface area contributed by atoms with Crippen molar-refractivity contribution >= 4 is 17.2 Å². The summed E-state index contributed by atoms with van der Waals surface area (Å²) in [5, 5.41) is 0. The monoisotopic (exact) mass is 304 g/mol. The molecule has 2 aromatic heterocycles. The van der Waals surface area contributed by atoms with Crippen molar-refractivity contribution < 1.29 is 0 Å². The first-order valence-corrected chi connectivity index (χ1v) is 8.06. The first kappa shape index (κ1) is 15.9. The van der Waals surface area contributed by atoms with Gasteiger partial charge in [-0.1, -0.05) is 34.6 Å². The molecule has 2 heterocycles. The van der Waals surface area contributed by atoms with Gasteiger partial charge in [0, 0.05) is 16.6 Å². The number of hydrazine groups is 1. The number of nitrogens with zero attached hydrogens (tertiary/aromatic N) is 2. The van der Waals surface area contributed by atoms with Gasteiger partial charge in [-0.15, -0.1) is 11.3 Å². The van der Waals surface area contributed by atoms with Crippen LogP contribution in [0, 0.1) is 5.92 Å². The predicted molar refractivity (Wildman–Crippen MR) is 90.4 cm³/mol. The van der Waals surface area contributed by atoms with Crippen LogP contribution in [0.2, 0.25) is 0 Å². The minimum absolute atomic E-state index is 0.146. The lowest BCUT2D eigenvalue weighted by molar-refractivity contribution is 0.604. The molecule has 0 bridgehead atoms. The van der Waals surface area contributed by atoms with Crippen molar-refractivity contribution in [1.82, 2.24) is 9.97 Å². The number of nitrogens with two attached hydrogens (primary N) is 1. The Morgan fingerprint density at radius 2 is 1.95 bits per heavy atom. The van der Waals surface area contributed by atoms with Crippen LogP contribution in [-0.2, 0) is 11.8 Å². The van der Waals surface area contributed by atoms with Crippen LogP contribution in [0.5, 0.6) is 0 Å². The minimum Gasteiger partial charge on any atom is -0.308 e. The third-order valence-electron chi connectivity index (χ3n) is 3.11. The van der Waals surface area contributed by atoms with Gasteiger partial charge < -0.3 is 5.43 Å². The van der Waals surface area contributed by atoms with Gasteiger partial charge in [0.15, 0.2) is 5.82 Å². The van der Waals surface area contributed by atoms with E-state index in [0.717, 1.165) is 22.8 Å². The fourth-order valence-electron chi connectivity index (χ4n) is 2.07. The van der Waals surface area contributed by atoms with Crippen molar-refractivity contribution in [3.63, 3.8) is 0 Å². The maximum absolute atomic E-state index is 5.53. The largest absolute Gasteiger partial charge is 0.308 e. The Labute approximate surface area is 130 Å². The van der Waals surface area contributed by atoms with Gasteiger partial charge in [-0.2, -0.15) is 0 Å². The molecular formula is C16H24N4S. The van der Waals surface area contributed by atoms with E-state index in [1.54, 1.807) is 11.3 Å². The number of aromatic nitrogens is 2. The lowest BCUT2D eigenvalue weighted by Crippen LogP contribution is -2.11. The van der Waals surface area contributed by atoms with Crippen molar-refractivity contribution in [2.45, 2.75) is 46.5 Å². The van der Waals surface area contributed by atoms with Gasteiger partial charge in [-0.3, -0.25) is 0 Å². The number of anilines is 1. The fraction of sp³-hybridized carbons (Fsp3) is 0.500. The minimum atomic E-state index is 0.146. The summed E-state index contributed by atoms with van der Waals surface area (Å²) < 4.78 is 0. The molecule has 0 aliphatic rings. The zero-order valence-electron chi connectivity index (χ0n) is 13.4. The third kappa shape index (κ3) is 4.02. The Balaban J connectivity index is 2.40. The zero-order chi connectivity index (χ0) is 15.6. The number of rotatable bonds is 4. The van der Waals surface area contributed by atoms with E-state index in [-0.39, 0.29) is 5.41 Å². The number of hydrogen-bond donors (Lipinski definition) is 2. The van der Waals surface area contributed by atoms with Crippen LogP contribution >= 0.6 is 11.3 Å². The molecule has 5 heteroatoms. The van der Waals surface area contributed by atoms with E-state index in [9.17, 15) is 0 Å². The number of nitrogens with one attached hydrogen (secondary N) is 1. The van der Waals surface area contributed by atoms with Gasteiger partial charge in [-0.05, 0) is 29.9 Å². The van der Waals surface area contributed by atoms with E-state index in [0.29, 0.717) is 11.7 Å². The van der Waals surface area contributed by atoms with Gasteiger partial charge in [0.25, 0.3) is 0 Å². The van der Waals surface area contributed by atoms with Crippen molar-refractivity contribution in [3.05, 3.63) is 28.8 Å². The molecule has 0 amide bonds. The average molecular weight is 304 g/mol. The molecule has 4 nitrogen and oxygen atoms in total. The Morgan fingerprint density at radius 1 is 1.24 bits per heavy atom. The highest BCUT2D eigenvalue weighted by atomic mass is 32.1. The van der Waals surface area contributed by atoms with E-state index in [1.807, 2.05) is 6.07 Å². The van der Waals surface area contributed by atoms with E-state index in [4.69, 9.17) is 10.8 Å². The van der Waals surface area contributed by atoms with Crippen LogP contribution in [0.4, 0.5) is 5.82 Å². The second-order valence-electron chi connectivity index (χ2n) is 6.72. The normalized spacial score (nSPS) is 12.0. The van der Waals surface area contributed by atoms with Gasteiger partial charge in [0.1, 0.15) is 5.82 Å². The van der Waals surface area contributed by atoms with Gasteiger partial charge in [0.05, 0.1) is 4.88 Å². The molecule has 0 fully saturated rings. The lowest BCUT2D eigenvalue weighted by Gasteiger charge is -2.15.